The summed E-state index contributed by atoms with van der Waals surface area (Å²) in [5.41, 5.74) is 1.21. The lowest BCUT2D eigenvalue weighted by Crippen LogP contribution is -1.90. The molecule has 0 N–H and O–H groups in total. The second-order valence-corrected chi connectivity index (χ2v) is 3.64. The van der Waals surface area contributed by atoms with Crippen molar-refractivity contribution in [2.75, 3.05) is 0 Å². The number of benzene rings is 1. The minimum atomic E-state index is 0.171. The van der Waals surface area contributed by atoms with Gasteiger partial charge >= 0.3 is 0 Å². The van der Waals surface area contributed by atoms with Crippen molar-refractivity contribution in [3.05, 3.63) is 42.0 Å². The van der Waals surface area contributed by atoms with E-state index in [4.69, 9.17) is 11.6 Å². The van der Waals surface area contributed by atoms with Crippen molar-refractivity contribution in [2.24, 2.45) is 0 Å². The summed E-state index contributed by atoms with van der Waals surface area (Å²) in [5, 5.41) is 0.171. The van der Waals surface area contributed by atoms with Gasteiger partial charge in [-0.3, -0.25) is 0 Å². The van der Waals surface area contributed by atoms with E-state index in [2.05, 4.69) is 31.2 Å². The van der Waals surface area contributed by atoms with Crippen molar-refractivity contribution in [3.8, 4) is 0 Å². The van der Waals surface area contributed by atoms with Crippen molar-refractivity contribution in [1.82, 2.24) is 0 Å². The van der Waals surface area contributed by atoms with Crippen molar-refractivity contribution in [1.29, 1.82) is 0 Å². The summed E-state index contributed by atoms with van der Waals surface area (Å²) in [7, 11) is 0. The molecular formula is C12H15Cl. The summed E-state index contributed by atoms with van der Waals surface area (Å²) in [6, 6.07) is 10.2. The van der Waals surface area contributed by atoms with Crippen LogP contribution >= 0.6 is 11.6 Å². The summed E-state index contributed by atoms with van der Waals surface area (Å²) in [5.74, 6) is 0. The third-order valence-corrected chi connectivity index (χ3v) is 2.23. The van der Waals surface area contributed by atoms with Crippen LogP contribution in [0.3, 0.4) is 0 Å². The van der Waals surface area contributed by atoms with Gasteiger partial charge in [-0.05, 0) is 12.0 Å². The van der Waals surface area contributed by atoms with Crippen LogP contribution in [-0.2, 0) is 0 Å². The zero-order valence-corrected chi connectivity index (χ0v) is 8.67. The number of alkyl halides is 1. The fraction of sp³-hybridized carbons (Fsp3) is 0.333. The average molecular weight is 195 g/mol. The quantitative estimate of drug-likeness (QED) is 0.633. The van der Waals surface area contributed by atoms with Gasteiger partial charge in [-0.1, -0.05) is 55.8 Å². The molecule has 1 aromatic carbocycles. The number of hydrogen-bond acceptors (Lipinski definition) is 0. The van der Waals surface area contributed by atoms with Crippen LogP contribution in [0.1, 0.15) is 25.3 Å². The van der Waals surface area contributed by atoms with Gasteiger partial charge in [-0.15, -0.1) is 11.6 Å². The van der Waals surface area contributed by atoms with Gasteiger partial charge < -0.3 is 0 Å². The minimum absolute atomic E-state index is 0.171. The molecule has 0 spiro atoms. The zero-order valence-electron chi connectivity index (χ0n) is 7.91. The van der Waals surface area contributed by atoms with Gasteiger partial charge in [0.2, 0.25) is 0 Å². The van der Waals surface area contributed by atoms with Crippen LogP contribution in [0.15, 0.2) is 36.4 Å². The lowest BCUT2D eigenvalue weighted by atomic mass is 10.1. The highest BCUT2D eigenvalue weighted by atomic mass is 35.5. The fourth-order valence-corrected chi connectivity index (χ4v) is 1.44. The molecule has 13 heavy (non-hydrogen) atoms. The maximum absolute atomic E-state index is 6.04. The molecule has 1 atom stereocenters. The molecule has 70 valence electrons. The Hall–Kier alpha value is -0.750. The summed E-state index contributed by atoms with van der Waals surface area (Å²) >= 11 is 6.04. The van der Waals surface area contributed by atoms with E-state index in [-0.39, 0.29) is 5.38 Å². The van der Waals surface area contributed by atoms with Crippen LogP contribution < -0.4 is 0 Å². The van der Waals surface area contributed by atoms with E-state index in [1.165, 1.54) is 5.56 Å². The number of rotatable bonds is 4. The molecule has 0 aliphatic heterocycles. The van der Waals surface area contributed by atoms with Crippen molar-refractivity contribution in [3.63, 3.8) is 0 Å². The molecule has 0 aliphatic carbocycles. The first-order valence-corrected chi connectivity index (χ1v) is 5.14. The number of halogens is 1. The van der Waals surface area contributed by atoms with E-state index in [0.29, 0.717) is 0 Å². The van der Waals surface area contributed by atoms with Crippen LogP contribution in [0.2, 0.25) is 0 Å². The topological polar surface area (TPSA) is 0 Å². The molecule has 0 saturated heterocycles. The van der Waals surface area contributed by atoms with Crippen LogP contribution in [-0.4, -0.2) is 5.38 Å². The lowest BCUT2D eigenvalue weighted by molar-refractivity contribution is 0.823. The molecular weight excluding hydrogens is 180 g/mol. The minimum Gasteiger partial charge on any atom is -0.118 e. The normalized spacial score (nSPS) is 13.4. The maximum atomic E-state index is 6.04. The number of hydrogen-bond donors (Lipinski definition) is 0. The molecule has 0 saturated carbocycles. The smallest absolute Gasteiger partial charge is 0.0519 e. The molecule has 0 nitrogen and oxygen atoms in total. The van der Waals surface area contributed by atoms with Gasteiger partial charge in [0.15, 0.2) is 0 Å². The van der Waals surface area contributed by atoms with Crippen LogP contribution in [0.4, 0.5) is 0 Å². The Morgan fingerprint density at radius 1 is 1.31 bits per heavy atom. The standard InChI is InChI=1S/C12H15Cl/c1-2-6-12(13)10-9-11-7-4-3-5-8-11/h3-5,7-10,12H,2,6H2,1H3. The Bertz CT molecular complexity index is 251. The highest BCUT2D eigenvalue weighted by Crippen LogP contribution is 2.09. The van der Waals surface area contributed by atoms with E-state index in [9.17, 15) is 0 Å². The summed E-state index contributed by atoms with van der Waals surface area (Å²) in [6.07, 6.45) is 6.31. The molecule has 1 unspecified atom stereocenters. The fourth-order valence-electron chi connectivity index (χ4n) is 1.15. The van der Waals surface area contributed by atoms with Gasteiger partial charge in [0, 0.05) is 0 Å². The van der Waals surface area contributed by atoms with Crippen LogP contribution in [0.25, 0.3) is 6.08 Å². The SMILES string of the molecule is CCCC(Cl)C=Cc1ccccc1. The first-order chi connectivity index (χ1) is 6.33. The van der Waals surface area contributed by atoms with Crippen LogP contribution in [0, 0.1) is 0 Å². The highest BCUT2D eigenvalue weighted by Gasteiger charge is 1.95. The molecule has 0 aliphatic rings. The van der Waals surface area contributed by atoms with E-state index in [1.54, 1.807) is 0 Å². The first-order valence-electron chi connectivity index (χ1n) is 4.70. The van der Waals surface area contributed by atoms with Crippen LogP contribution in [0.5, 0.6) is 0 Å². The second kappa shape index (κ2) is 5.82. The molecule has 1 rings (SSSR count). The molecule has 0 fully saturated rings. The summed E-state index contributed by atoms with van der Waals surface area (Å²) < 4.78 is 0. The highest BCUT2D eigenvalue weighted by molar-refractivity contribution is 6.22. The third-order valence-electron chi connectivity index (χ3n) is 1.86. The largest absolute Gasteiger partial charge is 0.118 e. The third kappa shape index (κ3) is 4.14. The molecule has 0 bridgehead atoms. The van der Waals surface area contributed by atoms with Crippen molar-refractivity contribution in [2.45, 2.75) is 25.1 Å². The molecule has 0 heterocycles. The van der Waals surface area contributed by atoms with Gasteiger partial charge in [0.05, 0.1) is 5.38 Å². The second-order valence-electron chi connectivity index (χ2n) is 3.07. The van der Waals surface area contributed by atoms with Gasteiger partial charge in [-0.25, -0.2) is 0 Å². The molecule has 1 aromatic rings. The number of allylic oxidation sites excluding steroid dienone is 1. The van der Waals surface area contributed by atoms with Gasteiger partial charge in [-0.2, -0.15) is 0 Å². The van der Waals surface area contributed by atoms with E-state index >= 15 is 0 Å². The molecule has 0 radical (unpaired) electrons. The predicted octanol–water partition coefficient (Wildman–Crippen LogP) is 4.11. The van der Waals surface area contributed by atoms with Crippen molar-refractivity contribution >= 4 is 17.7 Å². The van der Waals surface area contributed by atoms with E-state index in [1.807, 2.05) is 18.2 Å². The summed E-state index contributed by atoms with van der Waals surface area (Å²) in [4.78, 5) is 0. The van der Waals surface area contributed by atoms with E-state index < -0.39 is 0 Å². The predicted molar refractivity (Wildman–Crippen MR) is 60.0 cm³/mol. The molecule has 0 aromatic heterocycles. The Labute approximate surface area is 85.2 Å². The maximum Gasteiger partial charge on any atom is 0.0519 e. The Morgan fingerprint density at radius 3 is 2.62 bits per heavy atom. The summed E-state index contributed by atoms with van der Waals surface area (Å²) in [6.45, 7) is 2.14. The average Bonchev–Trinajstić information content (AvgIpc) is 2.17. The van der Waals surface area contributed by atoms with E-state index in [0.717, 1.165) is 12.8 Å². The lowest BCUT2D eigenvalue weighted by Gasteiger charge is -1.99. The Morgan fingerprint density at radius 2 is 2.00 bits per heavy atom. The Balaban J connectivity index is 2.49. The van der Waals surface area contributed by atoms with Gasteiger partial charge in [0.25, 0.3) is 0 Å². The van der Waals surface area contributed by atoms with Gasteiger partial charge in [0.1, 0.15) is 0 Å². The Kier molecular flexibility index (Phi) is 4.63. The zero-order chi connectivity index (χ0) is 9.52. The monoisotopic (exact) mass is 194 g/mol. The molecule has 1 heteroatoms. The van der Waals surface area contributed by atoms with Crippen molar-refractivity contribution < 1.29 is 0 Å². The first kappa shape index (κ1) is 10.3. The molecule has 0 amide bonds.